The average molecular weight is 348 g/mol. The van der Waals surface area contributed by atoms with Gasteiger partial charge < -0.3 is 9.47 Å². The molecule has 0 N–H and O–H groups in total. The van der Waals surface area contributed by atoms with Crippen molar-refractivity contribution in [2.45, 2.75) is 26.4 Å². The average Bonchev–Trinajstić information content (AvgIpc) is 2.64. The molecule has 1 aromatic carbocycles. The van der Waals surface area contributed by atoms with Crippen LogP contribution in [0.5, 0.6) is 5.75 Å². The normalized spacial score (nSPS) is 20.9. The molecule has 0 saturated carbocycles. The molecule has 0 bridgehead atoms. The number of ether oxygens (including phenoxy) is 2. The van der Waals surface area contributed by atoms with E-state index in [-0.39, 0.29) is 0 Å². The van der Waals surface area contributed by atoms with Crippen LogP contribution in [-0.2, 0) is 11.3 Å². The minimum Gasteiger partial charge on any atom is -0.492 e. The molecule has 3 rings (SSSR count). The number of hydrogen-bond acceptors (Lipinski definition) is 5. The molecule has 2 aliphatic heterocycles. The number of para-hydroxylation sites is 1. The van der Waals surface area contributed by atoms with Gasteiger partial charge in [-0.1, -0.05) is 18.2 Å². The second kappa shape index (κ2) is 9.53. The molecule has 2 aliphatic rings. The van der Waals surface area contributed by atoms with Gasteiger partial charge in [0.25, 0.3) is 0 Å². The van der Waals surface area contributed by atoms with E-state index in [2.05, 4.69) is 52.8 Å². The van der Waals surface area contributed by atoms with Gasteiger partial charge in [0.15, 0.2) is 0 Å². The zero-order valence-corrected chi connectivity index (χ0v) is 15.8. The van der Waals surface area contributed by atoms with Crippen molar-refractivity contribution in [1.82, 2.24) is 14.7 Å². The number of nitrogens with zero attached hydrogens (tertiary/aromatic N) is 3. The van der Waals surface area contributed by atoms with Crippen molar-refractivity contribution in [2.24, 2.45) is 0 Å². The van der Waals surface area contributed by atoms with Crippen molar-refractivity contribution in [3.05, 3.63) is 29.8 Å². The first-order valence-electron chi connectivity index (χ1n) is 9.69. The molecule has 0 atom stereocenters. The van der Waals surface area contributed by atoms with Crippen molar-refractivity contribution in [3.8, 4) is 5.75 Å². The maximum absolute atomic E-state index is 6.12. The molecule has 1 aromatic rings. The largest absolute Gasteiger partial charge is 0.492 e. The topological polar surface area (TPSA) is 28.2 Å². The van der Waals surface area contributed by atoms with E-state index in [4.69, 9.17) is 9.47 Å². The van der Waals surface area contributed by atoms with Gasteiger partial charge in [0, 0.05) is 64.0 Å². The van der Waals surface area contributed by atoms with Gasteiger partial charge in [-0.3, -0.25) is 14.7 Å². The highest BCUT2D eigenvalue weighted by Gasteiger charge is 2.19. The second-order valence-corrected chi connectivity index (χ2v) is 7.32. The lowest BCUT2D eigenvalue weighted by atomic mass is 10.1. The molecule has 0 unspecified atom stereocenters. The smallest absolute Gasteiger partial charge is 0.123 e. The number of benzene rings is 1. The van der Waals surface area contributed by atoms with Crippen LogP contribution in [-0.4, -0.2) is 86.4 Å². The Morgan fingerprint density at radius 2 is 1.68 bits per heavy atom. The summed E-state index contributed by atoms with van der Waals surface area (Å²) in [7, 11) is 0. The molecular weight excluding hydrogens is 314 g/mol. The molecule has 5 heteroatoms. The zero-order valence-electron chi connectivity index (χ0n) is 15.8. The van der Waals surface area contributed by atoms with Crippen LogP contribution in [0.4, 0.5) is 0 Å². The Bertz CT molecular complexity index is 509. The lowest BCUT2D eigenvalue weighted by molar-refractivity contribution is 0.0321. The quantitative estimate of drug-likeness (QED) is 0.751. The first-order chi connectivity index (χ1) is 12.2. The first kappa shape index (κ1) is 18.6. The molecule has 0 aliphatic carbocycles. The Kier molecular flexibility index (Phi) is 7.11. The number of piperazine rings is 1. The van der Waals surface area contributed by atoms with Gasteiger partial charge in [0.05, 0.1) is 13.2 Å². The lowest BCUT2D eigenvalue weighted by Gasteiger charge is -2.37. The first-order valence-corrected chi connectivity index (χ1v) is 9.69. The minimum atomic E-state index is 0.651. The van der Waals surface area contributed by atoms with Gasteiger partial charge in [-0.05, 0) is 19.9 Å². The molecule has 5 nitrogen and oxygen atoms in total. The van der Waals surface area contributed by atoms with Crippen LogP contribution in [0.1, 0.15) is 19.4 Å². The summed E-state index contributed by atoms with van der Waals surface area (Å²) in [5, 5.41) is 0. The molecule has 0 amide bonds. The number of morpholine rings is 1. The van der Waals surface area contributed by atoms with E-state index in [0.29, 0.717) is 6.04 Å². The van der Waals surface area contributed by atoms with E-state index in [9.17, 15) is 0 Å². The summed E-state index contributed by atoms with van der Waals surface area (Å²) in [4.78, 5) is 7.52. The van der Waals surface area contributed by atoms with Crippen LogP contribution in [0.3, 0.4) is 0 Å². The molecule has 2 saturated heterocycles. The van der Waals surface area contributed by atoms with E-state index >= 15 is 0 Å². The van der Waals surface area contributed by atoms with E-state index < -0.39 is 0 Å². The fourth-order valence-electron chi connectivity index (χ4n) is 3.56. The minimum absolute atomic E-state index is 0.651. The van der Waals surface area contributed by atoms with Gasteiger partial charge in [-0.15, -0.1) is 0 Å². The highest BCUT2D eigenvalue weighted by Crippen LogP contribution is 2.21. The third-order valence-electron chi connectivity index (χ3n) is 5.27. The third-order valence-corrected chi connectivity index (χ3v) is 5.27. The van der Waals surface area contributed by atoms with Crippen molar-refractivity contribution in [2.75, 3.05) is 65.6 Å². The Balaban J connectivity index is 1.47. The van der Waals surface area contributed by atoms with Crippen LogP contribution in [0.15, 0.2) is 24.3 Å². The second-order valence-electron chi connectivity index (χ2n) is 7.32. The molecule has 0 radical (unpaired) electrons. The third kappa shape index (κ3) is 5.68. The van der Waals surface area contributed by atoms with Gasteiger partial charge in [0.2, 0.25) is 0 Å². The van der Waals surface area contributed by atoms with Gasteiger partial charge >= 0.3 is 0 Å². The zero-order chi connectivity index (χ0) is 17.5. The van der Waals surface area contributed by atoms with Gasteiger partial charge in [0.1, 0.15) is 12.4 Å². The van der Waals surface area contributed by atoms with E-state index in [0.717, 1.165) is 77.9 Å². The highest BCUT2D eigenvalue weighted by atomic mass is 16.5. The molecular formula is C20H33N3O2. The van der Waals surface area contributed by atoms with Crippen LogP contribution in [0, 0.1) is 0 Å². The molecule has 140 valence electrons. The van der Waals surface area contributed by atoms with Crippen molar-refractivity contribution >= 4 is 0 Å². The maximum Gasteiger partial charge on any atom is 0.123 e. The predicted octanol–water partition coefficient (Wildman–Crippen LogP) is 1.92. The van der Waals surface area contributed by atoms with Crippen LogP contribution >= 0.6 is 0 Å². The molecule has 25 heavy (non-hydrogen) atoms. The predicted molar refractivity (Wildman–Crippen MR) is 101 cm³/mol. The van der Waals surface area contributed by atoms with Crippen molar-refractivity contribution in [1.29, 1.82) is 0 Å². The summed E-state index contributed by atoms with van der Waals surface area (Å²) >= 11 is 0. The summed E-state index contributed by atoms with van der Waals surface area (Å²) < 4.78 is 11.5. The van der Waals surface area contributed by atoms with Crippen molar-refractivity contribution < 1.29 is 9.47 Å². The monoisotopic (exact) mass is 347 g/mol. The fraction of sp³-hybridized carbons (Fsp3) is 0.700. The number of hydrogen-bond donors (Lipinski definition) is 0. The molecule has 2 fully saturated rings. The lowest BCUT2D eigenvalue weighted by Crippen LogP contribution is -2.48. The van der Waals surface area contributed by atoms with Crippen molar-refractivity contribution in [3.63, 3.8) is 0 Å². The Morgan fingerprint density at radius 3 is 2.40 bits per heavy atom. The standard InChI is InChI=1S/C20H33N3O2/c1-18(2)23-9-7-22(8-10-23)17-19-5-3-4-6-20(19)25-16-13-21-11-14-24-15-12-21/h3-6,18H,7-17H2,1-2H3. The van der Waals surface area contributed by atoms with Gasteiger partial charge in [-0.2, -0.15) is 0 Å². The summed E-state index contributed by atoms with van der Waals surface area (Å²) in [6.45, 7) is 15.6. The summed E-state index contributed by atoms with van der Waals surface area (Å²) in [5.74, 6) is 1.04. The fourth-order valence-corrected chi connectivity index (χ4v) is 3.56. The molecule has 2 heterocycles. The van der Waals surface area contributed by atoms with Crippen LogP contribution in [0.2, 0.25) is 0 Å². The number of rotatable bonds is 7. The maximum atomic E-state index is 6.12. The van der Waals surface area contributed by atoms with Crippen LogP contribution < -0.4 is 4.74 Å². The summed E-state index contributed by atoms with van der Waals surface area (Å²) in [6, 6.07) is 9.16. The molecule has 0 spiro atoms. The Labute approximate surface area is 152 Å². The Hall–Kier alpha value is -1.14. The summed E-state index contributed by atoms with van der Waals surface area (Å²) in [5.41, 5.74) is 1.31. The molecule has 0 aromatic heterocycles. The highest BCUT2D eigenvalue weighted by molar-refractivity contribution is 5.33. The Morgan fingerprint density at radius 1 is 0.960 bits per heavy atom. The van der Waals surface area contributed by atoms with Crippen LogP contribution in [0.25, 0.3) is 0 Å². The van der Waals surface area contributed by atoms with E-state index in [1.165, 1.54) is 5.56 Å². The van der Waals surface area contributed by atoms with Gasteiger partial charge in [-0.25, -0.2) is 0 Å². The SMILES string of the molecule is CC(C)N1CCN(Cc2ccccc2OCCN2CCOCC2)CC1. The van der Waals surface area contributed by atoms with E-state index in [1.807, 2.05) is 0 Å². The van der Waals surface area contributed by atoms with E-state index in [1.54, 1.807) is 0 Å². The summed E-state index contributed by atoms with van der Waals surface area (Å²) in [6.07, 6.45) is 0.